The molecule has 0 radical (unpaired) electrons. The first-order valence-corrected chi connectivity index (χ1v) is 5.01. The van der Waals surface area contributed by atoms with E-state index in [-0.39, 0.29) is 0 Å². The second kappa shape index (κ2) is 3.57. The van der Waals surface area contributed by atoms with Crippen molar-refractivity contribution in [3.05, 3.63) is 35.9 Å². The Hall–Kier alpha value is -0.940. The molecule has 4 nitrogen and oxygen atoms in total. The van der Waals surface area contributed by atoms with Crippen molar-refractivity contribution in [3.8, 4) is 0 Å². The molecule has 1 saturated heterocycles. The third kappa shape index (κ3) is 1.77. The molecule has 1 atom stereocenters. The van der Waals surface area contributed by atoms with E-state index in [2.05, 4.69) is 0 Å². The molecule has 0 spiro atoms. The van der Waals surface area contributed by atoms with Crippen LogP contribution in [0, 0.1) is 0 Å². The number of benzene rings is 1. The molecule has 1 fully saturated rings. The van der Waals surface area contributed by atoms with Gasteiger partial charge >= 0.3 is 0 Å². The van der Waals surface area contributed by atoms with E-state index in [0.717, 1.165) is 10.6 Å². The summed E-state index contributed by atoms with van der Waals surface area (Å²) in [6, 6.07) is 9.47. The molecule has 2 rings (SSSR count). The predicted octanol–water partition coefficient (Wildman–Crippen LogP) is 1.86. The molecule has 1 aromatic rings. The molecular weight excluding hydrogens is 192 g/mol. The zero-order valence-corrected chi connectivity index (χ0v) is 8.96. The second-order valence-electron chi connectivity index (χ2n) is 4.54. The van der Waals surface area contributed by atoms with Crippen molar-refractivity contribution in [1.29, 1.82) is 0 Å². The van der Waals surface area contributed by atoms with Crippen LogP contribution in [0.1, 0.15) is 25.6 Å². The number of hydroxylamine groups is 4. The summed E-state index contributed by atoms with van der Waals surface area (Å²) < 4.78 is 0. The van der Waals surface area contributed by atoms with E-state index in [4.69, 9.17) is 0 Å². The number of hydrogen-bond donors (Lipinski definition) is 2. The first kappa shape index (κ1) is 10.6. The molecule has 0 aromatic heterocycles. The van der Waals surface area contributed by atoms with E-state index >= 15 is 0 Å². The number of nitrogens with zero attached hydrogens (tertiary/aromatic N) is 2. The molecule has 1 heterocycles. The Morgan fingerprint density at radius 1 is 1.20 bits per heavy atom. The Labute approximate surface area is 89.3 Å². The van der Waals surface area contributed by atoms with Crippen molar-refractivity contribution in [2.75, 3.05) is 6.54 Å². The number of hydrogen-bond acceptors (Lipinski definition) is 4. The highest BCUT2D eigenvalue weighted by atomic mass is 16.6. The van der Waals surface area contributed by atoms with E-state index in [1.165, 1.54) is 5.06 Å². The highest BCUT2D eigenvalue weighted by Gasteiger charge is 2.44. The van der Waals surface area contributed by atoms with Gasteiger partial charge in [-0.15, -0.1) is 0 Å². The summed E-state index contributed by atoms with van der Waals surface area (Å²) in [5.74, 6) is 0. The lowest BCUT2D eigenvalue weighted by atomic mass is 10.1. The SMILES string of the molecule is CC1(C)CN(O)C(c2ccccc2)N1O. The fourth-order valence-corrected chi connectivity index (χ4v) is 1.95. The van der Waals surface area contributed by atoms with Gasteiger partial charge in [-0.2, -0.15) is 10.1 Å². The van der Waals surface area contributed by atoms with E-state index in [0.29, 0.717) is 6.54 Å². The predicted molar refractivity (Wildman–Crippen MR) is 55.4 cm³/mol. The maximum Gasteiger partial charge on any atom is 0.136 e. The summed E-state index contributed by atoms with van der Waals surface area (Å²) in [4.78, 5) is 0. The van der Waals surface area contributed by atoms with Crippen molar-refractivity contribution < 1.29 is 10.4 Å². The Balaban J connectivity index is 2.31. The smallest absolute Gasteiger partial charge is 0.136 e. The summed E-state index contributed by atoms with van der Waals surface area (Å²) in [6.07, 6.45) is -0.471. The van der Waals surface area contributed by atoms with Crippen LogP contribution in [0.25, 0.3) is 0 Å². The lowest BCUT2D eigenvalue weighted by Crippen LogP contribution is -2.38. The van der Waals surface area contributed by atoms with Crippen LogP contribution in [-0.4, -0.2) is 32.6 Å². The van der Waals surface area contributed by atoms with E-state index < -0.39 is 11.7 Å². The van der Waals surface area contributed by atoms with Gasteiger partial charge in [0.05, 0.1) is 5.54 Å². The van der Waals surface area contributed by atoms with Crippen LogP contribution >= 0.6 is 0 Å². The Kier molecular flexibility index (Phi) is 2.52. The fraction of sp³-hybridized carbons (Fsp3) is 0.455. The average Bonchev–Trinajstić information content (AvgIpc) is 2.38. The van der Waals surface area contributed by atoms with Crippen LogP contribution in [0.15, 0.2) is 30.3 Å². The molecular formula is C11H16N2O2. The number of rotatable bonds is 1. The maximum atomic E-state index is 9.97. The van der Waals surface area contributed by atoms with Gasteiger partial charge in [0.1, 0.15) is 6.17 Å². The summed E-state index contributed by atoms with van der Waals surface area (Å²) in [6.45, 7) is 4.20. The molecule has 1 unspecified atom stereocenters. The molecule has 15 heavy (non-hydrogen) atoms. The van der Waals surface area contributed by atoms with Crippen molar-refractivity contribution >= 4 is 0 Å². The minimum atomic E-state index is -0.471. The highest BCUT2D eigenvalue weighted by Crippen LogP contribution is 2.35. The molecule has 0 amide bonds. The van der Waals surface area contributed by atoms with Gasteiger partial charge in [0.25, 0.3) is 0 Å². The minimum Gasteiger partial charge on any atom is -0.312 e. The summed E-state index contributed by atoms with van der Waals surface area (Å²) in [5.41, 5.74) is 0.447. The molecule has 0 bridgehead atoms. The first-order chi connectivity index (χ1) is 7.02. The zero-order valence-electron chi connectivity index (χ0n) is 8.96. The molecule has 2 N–H and O–H groups in total. The van der Waals surface area contributed by atoms with Gasteiger partial charge in [-0.3, -0.25) is 0 Å². The zero-order chi connectivity index (χ0) is 11.1. The van der Waals surface area contributed by atoms with Gasteiger partial charge in [0, 0.05) is 6.54 Å². The molecule has 1 aliphatic heterocycles. The molecule has 0 aliphatic carbocycles. The van der Waals surface area contributed by atoms with Crippen LogP contribution in [0.2, 0.25) is 0 Å². The van der Waals surface area contributed by atoms with Gasteiger partial charge in [-0.1, -0.05) is 30.3 Å². The molecule has 82 valence electrons. The van der Waals surface area contributed by atoms with Crippen molar-refractivity contribution in [1.82, 2.24) is 10.1 Å². The normalized spacial score (nSPS) is 27.1. The third-order valence-electron chi connectivity index (χ3n) is 2.78. The Bertz CT molecular complexity index is 340. The fourth-order valence-electron chi connectivity index (χ4n) is 1.95. The molecule has 4 heteroatoms. The molecule has 0 saturated carbocycles. The average molecular weight is 208 g/mol. The van der Waals surface area contributed by atoms with Crippen LogP contribution < -0.4 is 0 Å². The van der Waals surface area contributed by atoms with Crippen molar-refractivity contribution in [2.24, 2.45) is 0 Å². The minimum absolute atomic E-state index is 0.420. The lowest BCUT2D eigenvalue weighted by molar-refractivity contribution is -0.216. The van der Waals surface area contributed by atoms with E-state index in [1.807, 2.05) is 44.2 Å². The van der Waals surface area contributed by atoms with Crippen LogP contribution in [0.3, 0.4) is 0 Å². The third-order valence-corrected chi connectivity index (χ3v) is 2.78. The second-order valence-corrected chi connectivity index (χ2v) is 4.54. The lowest BCUT2D eigenvalue weighted by Gasteiger charge is -2.28. The van der Waals surface area contributed by atoms with Gasteiger partial charge < -0.3 is 10.4 Å². The monoisotopic (exact) mass is 208 g/mol. The largest absolute Gasteiger partial charge is 0.312 e. The van der Waals surface area contributed by atoms with Gasteiger partial charge in [0.15, 0.2) is 0 Å². The molecule has 1 aromatic carbocycles. The van der Waals surface area contributed by atoms with Crippen molar-refractivity contribution in [2.45, 2.75) is 25.6 Å². The topological polar surface area (TPSA) is 46.9 Å². The molecule has 1 aliphatic rings. The van der Waals surface area contributed by atoms with Crippen LogP contribution in [0.4, 0.5) is 0 Å². The van der Waals surface area contributed by atoms with Gasteiger partial charge in [0.2, 0.25) is 0 Å². The van der Waals surface area contributed by atoms with Crippen molar-refractivity contribution in [3.63, 3.8) is 0 Å². The summed E-state index contributed by atoms with van der Waals surface area (Å²) in [5, 5.41) is 22.1. The van der Waals surface area contributed by atoms with Crippen LogP contribution in [0.5, 0.6) is 0 Å². The van der Waals surface area contributed by atoms with Gasteiger partial charge in [-0.05, 0) is 19.4 Å². The van der Waals surface area contributed by atoms with E-state index in [9.17, 15) is 10.4 Å². The quantitative estimate of drug-likeness (QED) is 0.739. The van der Waals surface area contributed by atoms with Gasteiger partial charge in [-0.25, -0.2) is 0 Å². The first-order valence-electron chi connectivity index (χ1n) is 5.01. The standard InChI is InChI=1S/C11H16N2O2/c1-11(2)8-12(14)10(13(11)15)9-6-4-3-5-7-9/h3-7,10,14-15H,8H2,1-2H3. The summed E-state index contributed by atoms with van der Waals surface area (Å²) in [7, 11) is 0. The maximum absolute atomic E-state index is 9.97. The summed E-state index contributed by atoms with van der Waals surface area (Å²) >= 11 is 0. The van der Waals surface area contributed by atoms with E-state index in [1.54, 1.807) is 0 Å². The van der Waals surface area contributed by atoms with Crippen LogP contribution in [-0.2, 0) is 0 Å². The Morgan fingerprint density at radius 2 is 1.80 bits per heavy atom. The Morgan fingerprint density at radius 3 is 2.27 bits per heavy atom. The highest BCUT2D eigenvalue weighted by molar-refractivity contribution is 5.19.